The molecule has 2 fully saturated rings. The smallest absolute Gasteiger partial charge is 0.0495 e. The first-order valence-corrected chi connectivity index (χ1v) is 7.25. The summed E-state index contributed by atoms with van der Waals surface area (Å²) in [4.78, 5) is 2.47. The maximum absolute atomic E-state index is 5.41. The molecular weight excluding hydrogens is 212 g/mol. The Morgan fingerprint density at radius 3 is 3.00 bits per heavy atom. The Hall–Kier alpha value is -0.120. The second kappa shape index (κ2) is 6.72. The van der Waals surface area contributed by atoms with Crippen LogP contribution in [0.25, 0.3) is 0 Å². The summed E-state index contributed by atoms with van der Waals surface area (Å²) in [5.41, 5.74) is 0. The molecule has 17 heavy (non-hydrogen) atoms. The van der Waals surface area contributed by atoms with Crippen LogP contribution in [0.2, 0.25) is 0 Å². The molecule has 2 aliphatic heterocycles. The fraction of sp³-hybridized carbons (Fsp3) is 1.00. The van der Waals surface area contributed by atoms with Crippen molar-refractivity contribution in [1.29, 1.82) is 0 Å². The zero-order valence-corrected chi connectivity index (χ0v) is 11.5. The van der Waals surface area contributed by atoms with E-state index < -0.39 is 0 Å². The Morgan fingerprint density at radius 1 is 1.41 bits per heavy atom. The molecule has 0 bridgehead atoms. The molecule has 3 heteroatoms. The number of piperidine rings is 1. The van der Waals surface area contributed by atoms with E-state index in [4.69, 9.17) is 4.74 Å². The molecule has 2 heterocycles. The van der Waals surface area contributed by atoms with Gasteiger partial charge in [0.2, 0.25) is 0 Å². The molecule has 0 aliphatic carbocycles. The normalized spacial score (nSPS) is 32.8. The van der Waals surface area contributed by atoms with E-state index in [1.165, 1.54) is 38.8 Å². The van der Waals surface area contributed by atoms with Gasteiger partial charge < -0.3 is 15.0 Å². The number of rotatable bonds is 5. The largest absolute Gasteiger partial charge is 0.381 e. The Morgan fingerprint density at radius 2 is 2.29 bits per heavy atom. The van der Waals surface area contributed by atoms with Crippen molar-refractivity contribution in [3.05, 3.63) is 0 Å². The zero-order valence-electron chi connectivity index (χ0n) is 11.5. The van der Waals surface area contributed by atoms with Crippen molar-refractivity contribution in [1.82, 2.24) is 10.2 Å². The molecule has 0 amide bonds. The summed E-state index contributed by atoms with van der Waals surface area (Å²) in [5, 5.41) is 3.72. The van der Waals surface area contributed by atoms with E-state index in [-0.39, 0.29) is 0 Å². The summed E-state index contributed by atoms with van der Waals surface area (Å²) < 4.78 is 5.41. The lowest BCUT2D eigenvalue weighted by Crippen LogP contribution is -2.43. The quantitative estimate of drug-likeness (QED) is 0.792. The van der Waals surface area contributed by atoms with E-state index in [9.17, 15) is 0 Å². The lowest BCUT2D eigenvalue weighted by atomic mass is 9.91. The van der Waals surface area contributed by atoms with Crippen molar-refractivity contribution in [2.45, 2.75) is 38.6 Å². The Kier molecular flexibility index (Phi) is 5.26. The predicted octanol–water partition coefficient (Wildman–Crippen LogP) is 1.73. The molecule has 0 aromatic rings. The SMILES string of the molecule is CC(NCCC1CCOC1)C1CCCN(C)C1. The summed E-state index contributed by atoms with van der Waals surface area (Å²) in [7, 11) is 2.24. The number of hydrogen-bond acceptors (Lipinski definition) is 3. The van der Waals surface area contributed by atoms with Gasteiger partial charge in [-0.05, 0) is 64.6 Å². The third-order valence-corrected chi connectivity index (χ3v) is 4.41. The minimum absolute atomic E-state index is 0.667. The first-order chi connectivity index (χ1) is 8.25. The van der Waals surface area contributed by atoms with Gasteiger partial charge in [-0.3, -0.25) is 0 Å². The van der Waals surface area contributed by atoms with E-state index >= 15 is 0 Å². The molecule has 3 atom stereocenters. The van der Waals surface area contributed by atoms with Gasteiger partial charge >= 0.3 is 0 Å². The third kappa shape index (κ3) is 4.23. The van der Waals surface area contributed by atoms with Crippen molar-refractivity contribution < 1.29 is 4.74 Å². The van der Waals surface area contributed by atoms with Crippen molar-refractivity contribution in [2.24, 2.45) is 11.8 Å². The highest BCUT2D eigenvalue weighted by molar-refractivity contribution is 4.79. The standard InChI is InChI=1S/C14H28N2O/c1-12(14-4-3-8-16(2)10-14)15-7-5-13-6-9-17-11-13/h12-15H,3-11H2,1-2H3. The summed E-state index contributed by atoms with van der Waals surface area (Å²) in [5.74, 6) is 1.65. The third-order valence-electron chi connectivity index (χ3n) is 4.41. The first kappa shape index (κ1) is 13.3. The molecule has 3 nitrogen and oxygen atoms in total. The highest BCUT2D eigenvalue weighted by Gasteiger charge is 2.22. The lowest BCUT2D eigenvalue weighted by Gasteiger charge is -2.34. The van der Waals surface area contributed by atoms with Crippen molar-refractivity contribution in [3.8, 4) is 0 Å². The van der Waals surface area contributed by atoms with Crippen LogP contribution in [0, 0.1) is 11.8 Å². The average Bonchev–Trinajstić information content (AvgIpc) is 2.82. The van der Waals surface area contributed by atoms with Gasteiger partial charge in [0, 0.05) is 25.8 Å². The van der Waals surface area contributed by atoms with Crippen molar-refractivity contribution in [3.63, 3.8) is 0 Å². The number of nitrogens with one attached hydrogen (secondary N) is 1. The minimum atomic E-state index is 0.667. The summed E-state index contributed by atoms with van der Waals surface area (Å²) in [6.07, 6.45) is 5.31. The average molecular weight is 240 g/mol. The van der Waals surface area contributed by atoms with Gasteiger partial charge in [-0.2, -0.15) is 0 Å². The second-order valence-electron chi connectivity index (χ2n) is 5.93. The summed E-state index contributed by atoms with van der Waals surface area (Å²) >= 11 is 0. The van der Waals surface area contributed by atoms with Crippen LogP contribution in [0.4, 0.5) is 0 Å². The van der Waals surface area contributed by atoms with Crippen molar-refractivity contribution >= 4 is 0 Å². The highest BCUT2D eigenvalue weighted by atomic mass is 16.5. The van der Waals surface area contributed by atoms with Gasteiger partial charge in [-0.1, -0.05) is 0 Å². The fourth-order valence-electron chi connectivity index (χ4n) is 3.11. The van der Waals surface area contributed by atoms with Crippen LogP contribution in [0.5, 0.6) is 0 Å². The van der Waals surface area contributed by atoms with Gasteiger partial charge in [-0.15, -0.1) is 0 Å². The van der Waals surface area contributed by atoms with Crippen LogP contribution in [-0.4, -0.2) is 50.8 Å². The van der Waals surface area contributed by atoms with Crippen LogP contribution in [-0.2, 0) is 4.74 Å². The number of ether oxygens (including phenoxy) is 1. The molecule has 2 saturated heterocycles. The van der Waals surface area contributed by atoms with Gasteiger partial charge in [-0.25, -0.2) is 0 Å². The molecule has 0 aromatic heterocycles. The molecule has 1 N–H and O–H groups in total. The number of hydrogen-bond donors (Lipinski definition) is 1. The Labute approximate surface area is 106 Å². The molecule has 0 radical (unpaired) electrons. The van der Waals surface area contributed by atoms with E-state index in [0.29, 0.717) is 6.04 Å². The molecule has 0 saturated carbocycles. The van der Waals surface area contributed by atoms with Crippen LogP contribution in [0.1, 0.15) is 32.6 Å². The zero-order chi connectivity index (χ0) is 12.1. The van der Waals surface area contributed by atoms with Gasteiger partial charge in [0.15, 0.2) is 0 Å². The van der Waals surface area contributed by atoms with Crippen LogP contribution < -0.4 is 5.32 Å². The maximum atomic E-state index is 5.41. The van der Waals surface area contributed by atoms with Gasteiger partial charge in [0.25, 0.3) is 0 Å². The lowest BCUT2D eigenvalue weighted by molar-refractivity contribution is 0.173. The number of nitrogens with zero attached hydrogens (tertiary/aromatic N) is 1. The second-order valence-corrected chi connectivity index (χ2v) is 5.93. The van der Waals surface area contributed by atoms with Crippen molar-refractivity contribution in [2.75, 3.05) is 39.9 Å². The minimum Gasteiger partial charge on any atom is -0.381 e. The van der Waals surface area contributed by atoms with E-state index in [2.05, 4.69) is 24.2 Å². The molecular formula is C14H28N2O. The highest BCUT2D eigenvalue weighted by Crippen LogP contribution is 2.19. The van der Waals surface area contributed by atoms with Gasteiger partial charge in [0.05, 0.1) is 0 Å². The van der Waals surface area contributed by atoms with E-state index in [1.807, 2.05) is 0 Å². The first-order valence-electron chi connectivity index (χ1n) is 7.25. The monoisotopic (exact) mass is 240 g/mol. The van der Waals surface area contributed by atoms with Crippen LogP contribution >= 0.6 is 0 Å². The molecule has 3 unspecified atom stereocenters. The summed E-state index contributed by atoms with van der Waals surface area (Å²) in [6.45, 7) is 8.03. The van der Waals surface area contributed by atoms with E-state index in [0.717, 1.165) is 31.6 Å². The Balaban J connectivity index is 1.60. The summed E-state index contributed by atoms with van der Waals surface area (Å²) in [6, 6.07) is 0.667. The fourth-order valence-corrected chi connectivity index (χ4v) is 3.11. The van der Waals surface area contributed by atoms with Crippen LogP contribution in [0.15, 0.2) is 0 Å². The van der Waals surface area contributed by atoms with Gasteiger partial charge in [0.1, 0.15) is 0 Å². The van der Waals surface area contributed by atoms with E-state index in [1.54, 1.807) is 0 Å². The molecule has 2 aliphatic rings. The topological polar surface area (TPSA) is 24.5 Å². The predicted molar refractivity (Wildman–Crippen MR) is 71.2 cm³/mol. The molecule has 2 rings (SSSR count). The number of likely N-dealkylation sites (tertiary alicyclic amines) is 1. The molecule has 0 spiro atoms. The molecule has 100 valence electrons. The molecule has 0 aromatic carbocycles. The Bertz CT molecular complexity index is 216. The maximum Gasteiger partial charge on any atom is 0.0495 e. The van der Waals surface area contributed by atoms with Crippen LogP contribution in [0.3, 0.4) is 0 Å².